The van der Waals surface area contributed by atoms with Crippen molar-refractivity contribution in [3.8, 4) is 0 Å². The zero-order chi connectivity index (χ0) is 11.0. The van der Waals surface area contributed by atoms with E-state index in [4.69, 9.17) is 0 Å². The van der Waals surface area contributed by atoms with Crippen molar-refractivity contribution in [2.45, 2.75) is 25.8 Å². The summed E-state index contributed by atoms with van der Waals surface area (Å²) in [6.45, 7) is 1.67. The maximum absolute atomic E-state index is 13.3. The first-order chi connectivity index (χ1) is 7.08. The third-order valence-electron chi connectivity index (χ3n) is 2.41. The normalized spacial score (nSPS) is 15.1. The molecular weight excluding hydrogens is 261 g/mol. The summed E-state index contributed by atoms with van der Waals surface area (Å²) < 4.78 is 13.9. The summed E-state index contributed by atoms with van der Waals surface area (Å²) in [5, 5.41) is 2.82. The van der Waals surface area contributed by atoms with E-state index in [1.807, 2.05) is 0 Å². The van der Waals surface area contributed by atoms with Gasteiger partial charge in [0, 0.05) is 10.5 Å². The maximum atomic E-state index is 13.3. The van der Waals surface area contributed by atoms with Crippen LogP contribution in [0.2, 0.25) is 0 Å². The van der Waals surface area contributed by atoms with E-state index in [9.17, 15) is 9.18 Å². The Morgan fingerprint density at radius 1 is 1.53 bits per heavy atom. The monoisotopic (exact) mass is 271 g/mol. The first-order valence-corrected chi connectivity index (χ1v) is 5.63. The minimum Gasteiger partial charge on any atom is -0.349 e. The highest BCUT2D eigenvalue weighted by Gasteiger charge is 2.24. The second-order valence-corrected chi connectivity index (χ2v) is 4.68. The van der Waals surface area contributed by atoms with Crippen molar-refractivity contribution in [2.24, 2.45) is 0 Å². The lowest BCUT2D eigenvalue weighted by molar-refractivity contribution is 0.0950. The lowest BCUT2D eigenvalue weighted by atomic mass is 10.1. The fourth-order valence-corrected chi connectivity index (χ4v) is 1.95. The Morgan fingerprint density at radius 3 is 2.80 bits per heavy atom. The van der Waals surface area contributed by atoms with Gasteiger partial charge >= 0.3 is 0 Å². The van der Waals surface area contributed by atoms with Gasteiger partial charge in [-0.2, -0.15) is 0 Å². The number of aryl methyl sites for hydroxylation is 1. The molecule has 2 nitrogen and oxygen atoms in total. The van der Waals surface area contributed by atoms with Gasteiger partial charge in [0.25, 0.3) is 5.91 Å². The molecule has 1 amide bonds. The molecule has 1 saturated carbocycles. The summed E-state index contributed by atoms with van der Waals surface area (Å²) >= 11 is 3.26. The molecule has 0 aliphatic heterocycles. The van der Waals surface area contributed by atoms with Crippen LogP contribution in [0.4, 0.5) is 4.39 Å². The molecule has 1 N–H and O–H groups in total. The predicted octanol–water partition coefficient (Wildman–Crippen LogP) is 2.79. The SMILES string of the molecule is Cc1cc(Br)c(C(=O)NC2CC2)cc1F. The summed E-state index contributed by atoms with van der Waals surface area (Å²) in [5.74, 6) is -0.553. The van der Waals surface area contributed by atoms with Crippen LogP contribution >= 0.6 is 15.9 Å². The summed E-state index contributed by atoms with van der Waals surface area (Å²) in [7, 11) is 0. The highest BCUT2D eigenvalue weighted by molar-refractivity contribution is 9.10. The number of rotatable bonds is 2. The second-order valence-electron chi connectivity index (χ2n) is 3.83. The van der Waals surface area contributed by atoms with Crippen LogP contribution in [0.25, 0.3) is 0 Å². The molecular formula is C11H11BrFNO. The zero-order valence-corrected chi connectivity index (χ0v) is 9.90. The predicted molar refractivity (Wildman–Crippen MR) is 59.3 cm³/mol. The molecule has 0 saturated heterocycles. The highest BCUT2D eigenvalue weighted by atomic mass is 79.9. The maximum Gasteiger partial charge on any atom is 0.252 e. The quantitative estimate of drug-likeness (QED) is 0.881. The van der Waals surface area contributed by atoms with E-state index in [0.717, 1.165) is 12.8 Å². The fraction of sp³-hybridized carbons (Fsp3) is 0.364. The lowest BCUT2D eigenvalue weighted by Gasteiger charge is -2.07. The van der Waals surface area contributed by atoms with Crippen molar-refractivity contribution in [3.05, 3.63) is 33.5 Å². The molecule has 0 bridgehead atoms. The molecule has 0 heterocycles. The molecule has 2 rings (SSSR count). The number of halogens is 2. The molecule has 0 radical (unpaired) electrons. The molecule has 1 aromatic rings. The summed E-state index contributed by atoms with van der Waals surface area (Å²) in [4.78, 5) is 11.7. The first kappa shape index (κ1) is 10.6. The van der Waals surface area contributed by atoms with E-state index in [2.05, 4.69) is 21.2 Å². The van der Waals surface area contributed by atoms with E-state index in [1.165, 1.54) is 6.07 Å². The number of amides is 1. The van der Waals surface area contributed by atoms with Crippen LogP contribution in [0.15, 0.2) is 16.6 Å². The Labute approximate surface area is 96.0 Å². The zero-order valence-electron chi connectivity index (χ0n) is 8.31. The van der Waals surface area contributed by atoms with E-state index >= 15 is 0 Å². The molecule has 80 valence electrons. The Morgan fingerprint density at radius 2 is 2.20 bits per heavy atom. The molecule has 0 atom stereocenters. The average Bonchev–Trinajstić information content (AvgIpc) is 2.95. The average molecular weight is 272 g/mol. The second kappa shape index (κ2) is 3.93. The van der Waals surface area contributed by atoms with Gasteiger partial charge in [0.05, 0.1) is 5.56 Å². The van der Waals surface area contributed by atoms with Gasteiger partial charge in [-0.3, -0.25) is 4.79 Å². The number of carbonyl (C=O) groups is 1. The standard InChI is InChI=1S/C11H11BrFNO/c1-6-4-9(12)8(5-10(6)13)11(15)14-7-2-3-7/h4-5,7H,2-3H2,1H3,(H,14,15). The first-order valence-electron chi connectivity index (χ1n) is 4.84. The van der Waals surface area contributed by atoms with Crippen LogP contribution in [0, 0.1) is 12.7 Å². The van der Waals surface area contributed by atoms with Crippen LogP contribution in [-0.4, -0.2) is 11.9 Å². The van der Waals surface area contributed by atoms with Crippen LogP contribution in [-0.2, 0) is 0 Å². The summed E-state index contributed by atoms with van der Waals surface area (Å²) in [6.07, 6.45) is 2.05. The summed E-state index contributed by atoms with van der Waals surface area (Å²) in [6, 6.07) is 3.18. The smallest absolute Gasteiger partial charge is 0.252 e. The Balaban J connectivity index is 2.25. The van der Waals surface area contributed by atoms with Crippen molar-refractivity contribution in [3.63, 3.8) is 0 Å². The Bertz CT molecular complexity index is 415. The molecule has 0 aromatic heterocycles. The van der Waals surface area contributed by atoms with Crippen LogP contribution in [0.1, 0.15) is 28.8 Å². The van der Waals surface area contributed by atoms with Crippen molar-refractivity contribution in [1.29, 1.82) is 0 Å². The molecule has 1 aliphatic rings. The third-order valence-corrected chi connectivity index (χ3v) is 3.06. The lowest BCUT2D eigenvalue weighted by Crippen LogP contribution is -2.25. The molecule has 1 fully saturated rings. The number of benzene rings is 1. The molecule has 1 aliphatic carbocycles. The van der Waals surface area contributed by atoms with Crippen molar-refractivity contribution in [1.82, 2.24) is 5.32 Å². The van der Waals surface area contributed by atoms with Gasteiger partial charge in [0.15, 0.2) is 0 Å². The largest absolute Gasteiger partial charge is 0.349 e. The molecule has 1 aromatic carbocycles. The van der Waals surface area contributed by atoms with Gasteiger partial charge in [0.1, 0.15) is 5.82 Å². The Hall–Kier alpha value is -0.900. The van der Waals surface area contributed by atoms with E-state index in [-0.39, 0.29) is 17.8 Å². The van der Waals surface area contributed by atoms with Crippen LogP contribution in [0.5, 0.6) is 0 Å². The van der Waals surface area contributed by atoms with Gasteiger partial charge in [-0.25, -0.2) is 4.39 Å². The van der Waals surface area contributed by atoms with E-state index in [1.54, 1.807) is 13.0 Å². The minimum atomic E-state index is -0.348. The minimum absolute atomic E-state index is 0.205. The molecule has 0 unspecified atom stereocenters. The van der Waals surface area contributed by atoms with E-state index < -0.39 is 0 Å². The van der Waals surface area contributed by atoms with Crippen molar-refractivity contribution >= 4 is 21.8 Å². The topological polar surface area (TPSA) is 29.1 Å². The van der Waals surface area contributed by atoms with Gasteiger partial charge in [-0.1, -0.05) is 0 Å². The van der Waals surface area contributed by atoms with Gasteiger partial charge < -0.3 is 5.32 Å². The van der Waals surface area contributed by atoms with Crippen LogP contribution < -0.4 is 5.32 Å². The van der Waals surface area contributed by atoms with Gasteiger partial charge in [0.2, 0.25) is 0 Å². The van der Waals surface area contributed by atoms with Gasteiger partial charge in [-0.05, 0) is 53.4 Å². The number of nitrogens with one attached hydrogen (secondary N) is 1. The number of hydrogen-bond acceptors (Lipinski definition) is 1. The van der Waals surface area contributed by atoms with Crippen molar-refractivity contribution < 1.29 is 9.18 Å². The molecule has 15 heavy (non-hydrogen) atoms. The Kier molecular flexibility index (Phi) is 2.78. The fourth-order valence-electron chi connectivity index (χ4n) is 1.31. The van der Waals surface area contributed by atoms with Crippen molar-refractivity contribution in [2.75, 3.05) is 0 Å². The molecule has 0 spiro atoms. The number of carbonyl (C=O) groups excluding carboxylic acids is 1. The molecule has 4 heteroatoms. The number of hydrogen-bond donors (Lipinski definition) is 1. The van der Waals surface area contributed by atoms with E-state index in [0.29, 0.717) is 15.6 Å². The van der Waals surface area contributed by atoms with Gasteiger partial charge in [-0.15, -0.1) is 0 Å². The van der Waals surface area contributed by atoms with Crippen LogP contribution in [0.3, 0.4) is 0 Å². The third kappa shape index (κ3) is 2.37. The summed E-state index contributed by atoms with van der Waals surface area (Å²) in [5.41, 5.74) is 0.898. The highest BCUT2D eigenvalue weighted by Crippen LogP contribution is 2.23.